The van der Waals surface area contributed by atoms with Crippen LogP contribution in [0.15, 0.2) is 48.5 Å². The number of benzene rings is 2. The number of rotatable bonds is 10. The summed E-state index contributed by atoms with van der Waals surface area (Å²) in [6.45, 7) is 7.01. The quantitative estimate of drug-likeness (QED) is 0.528. The molecule has 0 atom stereocenters. The fourth-order valence-corrected chi connectivity index (χ4v) is 3.49. The lowest BCUT2D eigenvalue weighted by Crippen LogP contribution is -2.49. The molecule has 7 heteroatoms. The molecule has 1 saturated heterocycles. The summed E-state index contributed by atoms with van der Waals surface area (Å²) >= 11 is 0. The lowest BCUT2D eigenvalue weighted by molar-refractivity contribution is -0.127. The number of carbonyl (C=O) groups is 1. The van der Waals surface area contributed by atoms with Crippen molar-refractivity contribution in [2.75, 3.05) is 60.2 Å². The van der Waals surface area contributed by atoms with Crippen molar-refractivity contribution in [1.82, 2.24) is 9.80 Å². The van der Waals surface area contributed by atoms with Gasteiger partial charge < -0.3 is 23.8 Å². The predicted molar refractivity (Wildman–Crippen MR) is 125 cm³/mol. The largest absolute Gasteiger partial charge is 0.497 e. The number of amides is 1. The summed E-state index contributed by atoms with van der Waals surface area (Å²) in [4.78, 5) is 16.8. The van der Waals surface area contributed by atoms with E-state index in [1.165, 1.54) is 0 Å². The highest BCUT2D eigenvalue weighted by Crippen LogP contribution is 2.28. The Labute approximate surface area is 190 Å². The number of hydrogen-bond acceptors (Lipinski definition) is 6. The van der Waals surface area contributed by atoms with Crippen LogP contribution in [0.5, 0.6) is 23.0 Å². The Balaban J connectivity index is 1.42. The first-order chi connectivity index (χ1) is 15.6. The summed E-state index contributed by atoms with van der Waals surface area (Å²) < 4.78 is 21.9. The highest BCUT2D eigenvalue weighted by Gasteiger charge is 2.19. The highest BCUT2D eigenvalue weighted by atomic mass is 16.5. The molecule has 0 bridgehead atoms. The minimum atomic E-state index is 0.0212. The van der Waals surface area contributed by atoms with E-state index >= 15 is 0 Å². The average molecular weight is 441 g/mol. The van der Waals surface area contributed by atoms with Crippen molar-refractivity contribution >= 4 is 12.0 Å². The lowest BCUT2D eigenvalue weighted by Gasteiger charge is -2.34. The van der Waals surface area contributed by atoms with Crippen LogP contribution in [0.2, 0.25) is 0 Å². The summed E-state index contributed by atoms with van der Waals surface area (Å²) in [5, 5.41) is 0. The maximum Gasteiger partial charge on any atom is 0.246 e. The molecule has 1 heterocycles. The zero-order chi connectivity index (χ0) is 22.8. The summed E-state index contributed by atoms with van der Waals surface area (Å²) in [6, 6.07) is 13.2. The molecule has 1 fully saturated rings. The SMILES string of the molecule is CCOc1cc(/C=C/C(=O)N2CCN(CCOc3ccc(OC)cc3)CC2)ccc1OC. The van der Waals surface area contributed by atoms with Crippen molar-refractivity contribution in [1.29, 1.82) is 0 Å². The van der Waals surface area contributed by atoms with Crippen molar-refractivity contribution in [3.05, 3.63) is 54.1 Å². The summed E-state index contributed by atoms with van der Waals surface area (Å²) in [7, 11) is 3.26. The molecule has 7 nitrogen and oxygen atoms in total. The van der Waals surface area contributed by atoms with Crippen LogP contribution >= 0.6 is 0 Å². The minimum absolute atomic E-state index is 0.0212. The van der Waals surface area contributed by atoms with Gasteiger partial charge in [-0.3, -0.25) is 9.69 Å². The van der Waals surface area contributed by atoms with E-state index in [0.29, 0.717) is 37.8 Å². The first-order valence-electron chi connectivity index (χ1n) is 10.9. The van der Waals surface area contributed by atoms with Gasteiger partial charge in [0.05, 0.1) is 20.8 Å². The fraction of sp³-hybridized carbons (Fsp3) is 0.400. The second-order valence-corrected chi connectivity index (χ2v) is 7.37. The van der Waals surface area contributed by atoms with E-state index < -0.39 is 0 Å². The molecule has 2 aromatic carbocycles. The van der Waals surface area contributed by atoms with Gasteiger partial charge in [0.15, 0.2) is 11.5 Å². The third-order valence-corrected chi connectivity index (χ3v) is 5.33. The van der Waals surface area contributed by atoms with Crippen molar-refractivity contribution in [3.8, 4) is 23.0 Å². The second kappa shape index (κ2) is 12.0. The van der Waals surface area contributed by atoms with Gasteiger partial charge >= 0.3 is 0 Å². The molecule has 0 unspecified atom stereocenters. The maximum atomic E-state index is 12.6. The molecule has 0 N–H and O–H groups in total. The third kappa shape index (κ3) is 6.65. The van der Waals surface area contributed by atoms with Crippen LogP contribution in [0.3, 0.4) is 0 Å². The van der Waals surface area contributed by atoms with E-state index in [1.807, 2.05) is 60.4 Å². The number of carbonyl (C=O) groups excluding carboxylic acids is 1. The molecule has 0 radical (unpaired) electrons. The van der Waals surface area contributed by atoms with Crippen molar-refractivity contribution in [2.24, 2.45) is 0 Å². The Morgan fingerprint density at radius 2 is 1.62 bits per heavy atom. The van der Waals surface area contributed by atoms with E-state index in [-0.39, 0.29) is 5.91 Å². The van der Waals surface area contributed by atoms with E-state index in [4.69, 9.17) is 18.9 Å². The van der Waals surface area contributed by atoms with Crippen LogP contribution in [0, 0.1) is 0 Å². The summed E-state index contributed by atoms with van der Waals surface area (Å²) in [5.41, 5.74) is 0.900. The van der Waals surface area contributed by atoms with Gasteiger partial charge in [-0.25, -0.2) is 0 Å². The maximum absolute atomic E-state index is 12.6. The van der Waals surface area contributed by atoms with Crippen LogP contribution in [0.25, 0.3) is 6.08 Å². The number of nitrogens with zero attached hydrogens (tertiary/aromatic N) is 2. The van der Waals surface area contributed by atoms with Gasteiger partial charge in [0.25, 0.3) is 0 Å². The van der Waals surface area contributed by atoms with Gasteiger partial charge in [0.2, 0.25) is 5.91 Å². The first-order valence-corrected chi connectivity index (χ1v) is 10.9. The van der Waals surface area contributed by atoms with Crippen LogP contribution in [0.4, 0.5) is 0 Å². The molecule has 3 rings (SSSR count). The smallest absolute Gasteiger partial charge is 0.246 e. The van der Waals surface area contributed by atoms with Gasteiger partial charge in [-0.1, -0.05) is 6.07 Å². The molecule has 0 spiro atoms. The van der Waals surface area contributed by atoms with Crippen LogP contribution in [-0.2, 0) is 4.79 Å². The molecule has 1 amide bonds. The molecular formula is C25H32N2O5. The van der Waals surface area contributed by atoms with E-state index in [1.54, 1.807) is 20.3 Å². The van der Waals surface area contributed by atoms with E-state index in [0.717, 1.165) is 36.7 Å². The van der Waals surface area contributed by atoms with Gasteiger partial charge in [0.1, 0.15) is 18.1 Å². The topological polar surface area (TPSA) is 60.5 Å². The van der Waals surface area contributed by atoms with Gasteiger partial charge in [-0.05, 0) is 55.0 Å². The van der Waals surface area contributed by atoms with Crippen molar-refractivity contribution in [3.63, 3.8) is 0 Å². The standard InChI is InChI=1S/C25H32N2O5/c1-4-31-24-19-20(5-11-23(24)30-3)6-12-25(28)27-15-13-26(14-16-27)17-18-32-22-9-7-21(29-2)8-10-22/h5-12,19H,4,13-18H2,1-3H3/b12-6+. The number of methoxy groups -OCH3 is 2. The number of ether oxygens (including phenoxy) is 4. The van der Waals surface area contributed by atoms with E-state index in [2.05, 4.69) is 4.90 Å². The summed E-state index contributed by atoms with van der Waals surface area (Å²) in [6.07, 6.45) is 3.44. The predicted octanol–water partition coefficient (Wildman–Crippen LogP) is 3.34. The van der Waals surface area contributed by atoms with Crippen LogP contribution in [0.1, 0.15) is 12.5 Å². The Hall–Kier alpha value is -3.19. The van der Waals surface area contributed by atoms with Crippen molar-refractivity contribution < 1.29 is 23.7 Å². The Morgan fingerprint density at radius 3 is 2.28 bits per heavy atom. The fourth-order valence-electron chi connectivity index (χ4n) is 3.49. The molecule has 32 heavy (non-hydrogen) atoms. The first kappa shape index (κ1) is 23.5. The molecule has 0 aliphatic carbocycles. The Kier molecular flexibility index (Phi) is 8.80. The second-order valence-electron chi connectivity index (χ2n) is 7.37. The molecule has 1 aliphatic rings. The molecule has 0 saturated carbocycles. The van der Waals surface area contributed by atoms with Gasteiger partial charge in [-0.2, -0.15) is 0 Å². The number of hydrogen-bond donors (Lipinski definition) is 0. The zero-order valence-corrected chi connectivity index (χ0v) is 19.1. The number of piperazine rings is 1. The molecule has 172 valence electrons. The van der Waals surface area contributed by atoms with Gasteiger partial charge in [-0.15, -0.1) is 0 Å². The normalized spacial score (nSPS) is 14.4. The molecule has 1 aliphatic heterocycles. The minimum Gasteiger partial charge on any atom is -0.497 e. The Bertz CT molecular complexity index is 890. The monoisotopic (exact) mass is 440 g/mol. The third-order valence-electron chi connectivity index (χ3n) is 5.33. The molecular weight excluding hydrogens is 408 g/mol. The van der Waals surface area contributed by atoms with Gasteiger partial charge in [0, 0.05) is 38.8 Å². The average Bonchev–Trinajstić information content (AvgIpc) is 2.84. The van der Waals surface area contributed by atoms with Crippen molar-refractivity contribution in [2.45, 2.75) is 6.92 Å². The summed E-state index contributed by atoms with van der Waals surface area (Å²) in [5.74, 6) is 3.02. The van der Waals surface area contributed by atoms with Crippen LogP contribution in [-0.4, -0.2) is 75.9 Å². The zero-order valence-electron chi connectivity index (χ0n) is 19.1. The Morgan fingerprint density at radius 1 is 0.906 bits per heavy atom. The van der Waals surface area contributed by atoms with Crippen LogP contribution < -0.4 is 18.9 Å². The molecule has 2 aromatic rings. The van der Waals surface area contributed by atoms with E-state index in [9.17, 15) is 4.79 Å². The lowest BCUT2D eigenvalue weighted by atomic mass is 10.2. The molecule has 0 aromatic heterocycles. The highest BCUT2D eigenvalue weighted by molar-refractivity contribution is 5.92.